The summed E-state index contributed by atoms with van der Waals surface area (Å²) in [7, 11) is 0. The van der Waals surface area contributed by atoms with Gasteiger partial charge < -0.3 is 10.2 Å². The first-order valence-electron chi connectivity index (χ1n) is 3.71. The maximum Gasteiger partial charge on any atom is 0.0546 e. The Bertz CT molecular complexity index is 87.3. The lowest BCUT2D eigenvalue weighted by atomic mass is 10.2. The summed E-state index contributed by atoms with van der Waals surface area (Å²) in [6.07, 6.45) is 6.12. The highest BCUT2D eigenvalue weighted by molar-refractivity contribution is 4.82. The van der Waals surface area contributed by atoms with Crippen LogP contribution in [0.4, 0.5) is 0 Å². The minimum atomic E-state index is -0.245. The van der Waals surface area contributed by atoms with Crippen LogP contribution >= 0.6 is 0 Å². The van der Waals surface area contributed by atoms with Crippen molar-refractivity contribution in [3.8, 4) is 0 Å². The summed E-state index contributed by atoms with van der Waals surface area (Å²) >= 11 is 0. The SMILES string of the molecule is CC(O)CC=CCCCO. The van der Waals surface area contributed by atoms with E-state index in [9.17, 15) is 0 Å². The van der Waals surface area contributed by atoms with E-state index in [1.165, 1.54) is 0 Å². The summed E-state index contributed by atoms with van der Waals surface area (Å²) < 4.78 is 0. The van der Waals surface area contributed by atoms with Crippen LogP contribution < -0.4 is 0 Å². The number of aliphatic hydroxyl groups excluding tert-OH is 2. The van der Waals surface area contributed by atoms with Gasteiger partial charge in [-0.1, -0.05) is 12.2 Å². The summed E-state index contributed by atoms with van der Waals surface area (Å²) in [5, 5.41) is 17.2. The van der Waals surface area contributed by atoms with Gasteiger partial charge in [0.05, 0.1) is 6.10 Å². The van der Waals surface area contributed by atoms with Gasteiger partial charge in [-0.15, -0.1) is 0 Å². The summed E-state index contributed by atoms with van der Waals surface area (Å²) in [4.78, 5) is 0. The number of hydrogen-bond acceptors (Lipinski definition) is 2. The van der Waals surface area contributed by atoms with E-state index in [2.05, 4.69) is 0 Å². The molecule has 10 heavy (non-hydrogen) atoms. The second-order valence-corrected chi connectivity index (χ2v) is 2.42. The second-order valence-electron chi connectivity index (χ2n) is 2.42. The average molecular weight is 144 g/mol. The molecular weight excluding hydrogens is 128 g/mol. The Morgan fingerprint density at radius 3 is 2.60 bits per heavy atom. The molecule has 0 amide bonds. The van der Waals surface area contributed by atoms with E-state index in [-0.39, 0.29) is 12.7 Å². The number of aliphatic hydroxyl groups is 2. The number of hydrogen-bond donors (Lipinski definition) is 2. The third-order valence-electron chi connectivity index (χ3n) is 1.17. The molecule has 0 aliphatic heterocycles. The topological polar surface area (TPSA) is 40.5 Å². The van der Waals surface area contributed by atoms with Crippen molar-refractivity contribution in [1.82, 2.24) is 0 Å². The Morgan fingerprint density at radius 1 is 1.40 bits per heavy atom. The lowest BCUT2D eigenvalue weighted by Crippen LogP contribution is -1.95. The molecule has 2 N–H and O–H groups in total. The largest absolute Gasteiger partial charge is 0.396 e. The van der Waals surface area contributed by atoms with Crippen LogP contribution in [0.15, 0.2) is 12.2 Å². The second kappa shape index (κ2) is 6.78. The van der Waals surface area contributed by atoms with Crippen molar-refractivity contribution in [3.05, 3.63) is 12.2 Å². The maximum atomic E-state index is 8.81. The minimum Gasteiger partial charge on any atom is -0.396 e. The van der Waals surface area contributed by atoms with Crippen LogP contribution in [0.5, 0.6) is 0 Å². The quantitative estimate of drug-likeness (QED) is 0.448. The molecule has 0 saturated heterocycles. The monoisotopic (exact) mass is 144 g/mol. The fraction of sp³-hybridized carbons (Fsp3) is 0.750. The summed E-state index contributed by atoms with van der Waals surface area (Å²) in [6.45, 7) is 2.01. The Hall–Kier alpha value is -0.340. The lowest BCUT2D eigenvalue weighted by Gasteiger charge is -1.95. The molecule has 1 unspecified atom stereocenters. The highest BCUT2D eigenvalue weighted by atomic mass is 16.3. The van der Waals surface area contributed by atoms with E-state index in [0.29, 0.717) is 6.42 Å². The first-order valence-corrected chi connectivity index (χ1v) is 3.71. The third kappa shape index (κ3) is 7.66. The zero-order valence-corrected chi connectivity index (χ0v) is 6.45. The maximum absolute atomic E-state index is 8.81. The number of rotatable bonds is 5. The fourth-order valence-electron chi connectivity index (χ4n) is 0.620. The van der Waals surface area contributed by atoms with E-state index >= 15 is 0 Å². The zero-order valence-electron chi connectivity index (χ0n) is 6.45. The van der Waals surface area contributed by atoms with Crippen LogP contribution in [0, 0.1) is 0 Å². The van der Waals surface area contributed by atoms with Crippen molar-refractivity contribution in [1.29, 1.82) is 0 Å². The van der Waals surface area contributed by atoms with Crippen LogP contribution in [-0.2, 0) is 0 Å². The molecule has 0 aliphatic rings. The predicted molar refractivity (Wildman–Crippen MR) is 41.8 cm³/mol. The van der Waals surface area contributed by atoms with Crippen molar-refractivity contribution < 1.29 is 10.2 Å². The molecule has 0 aliphatic carbocycles. The van der Waals surface area contributed by atoms with Crippen molar-refractivity contribution in [2.75, 3.05) is 6.61 Å². The molecule has 0 saturated carbocycles. The molecule has 0 fully saturated rings. The highest BCUT2D eigenvalue weighted by Gasteiger charge is 1.87. The Balaban J connectivity index is 3.04. The van der Waals surface area contributed by atoms with Crippen molar-refractivity contribution >= 4 is 0 Å². The molecule has 2 nitrogen and oxygen atoms in total. The van der Waals surface area contributed by atoms with Crippen LogP contribution in [0.2, 0.25) is 0 Å². The molecule has 0 spiro atoms. The van der Waals surface area contributed by atoms with Crippen molar-refractivity contribution in [2.45, 2.75) is 32.3 Å². The van der Waals surface area contributed by atoms with Gasteiger partial charge in [0.15, 0.2) is 0 Å². The predicted octanol–water partition coefficient (Wildman–Crippen LogP) is 1.09. The van der Waals surface area contributed by atoms with Gasteiger partial charge in [-0.3, -0.25) is 0 Å². The highest BCUT2D eigenvalue weighted by Crippen LogP contribution is 1.94. The van der Waals surface area contributed by atoms with E-state index in [4.69, 9.17) is 10.2 Å². The van der Waals surface area contributed by atoms with Gasteiger partial charge in [-0.05, 0) is 26.2 Å². The molecule has 0 heterocycles. The molecule has 0 aromatic heterocycles. The van der Waals surface area contributed by atoms with E-state index < -0.39 is 0 Å². The Morgan fingerprint density at radius 2 is 2.10 bits per heavy atom. The molecule has 0 aromatic rings. The third-order valence-corrected chi connectivity index (χ3v) is 1.17. The van der Waals surface area contributed by atoms with Gasteiger partial charge >= 0.3 is 0 Å². The lowest BCUT2D eigenvalue weighted by molar-refractivity contribution is 0.198. The number of unbranched alkanes of at least 4 members (excludes halogenated alkanes) is 1. The van der Waals surface area contributed by atoms with E-state index in [0.717, 1.165) is 12.8 Å². The van der Waals surface area contributed by atoms with Gasteiger partial charge in [0.1, 0.15) is 0 Å². The van der Waals surface area contributed by atoms with Gasteiger partial charge in [0.25, 0.3) is 0 Å². The molecule has 0 radical (unpaired) electrons. The summed E-state index contributed by atoms with van der Waals surface area (Å²) in [6, 6.07) is 0. The Kier molecular flexibility index (Phi) is 6.55. The zero-order chi connectivity index (χ0) is 7.82. The fourth-order valence-corrected chi connectivity index (χ4v) is 0.620. The molecule has 2 heteroatoms. The summed E-state index contributed by atoms with van der Waals surface area (Å²) in [5.74, 6) is 0. The van der Waals surface area contributed by atoms with Crippen molar-refractivity contribution in [2.24, 2.45) is 0 Å². The first kappa shape index (κ1) is 9.66. The van der Waals surface area contributed by atoms with Crippen LogP contribution in [0.3, 0.4) is 0 Å². The first-order chi connectivity index (χ1) is 4.77. The van der Waals surface area contributed by atoms with E-state index in [1.54, 1.807) is 6.92 Å². The average Bonchev–Trinajstić information content (AvgIpc) is 1.87. The molecule has 0 bridgehead atoms. The van der Waals surface area contributed by atoms with Crippen molar-refractivity contribution in [3.63, 3.8) is 0 Å². The molecule has 0 aromatic carbocycles. The molecular formula is C8H16O2. The van der Waals surface area contributed by atoms with Crippen LogP contribution in [-0.4, -0.2) is 22.9 Å². The van der Waals surface area contributed by atoms with Gasteiger partial charge in [0, 0.05) is 6.61 Å². The molecule has 1 atom stereocenters. The standard InChI is InChI=1S/C8H16O2/c1-8(10)6-4-2-3-5-7-9/h2,4,8-10H,3,5-7H2,1H3. The van der Waals surface area contributed by atoms with Crippen LogP contribution in [0.1, 0.15) is 26.2 Å². The summed E-state index contributed by atoms with van der Waals surface area (Å²) in [5.41, 5.74) is 0. The molecule has 60 valence electrons. The van der Waals surface area contributed by atoms with E-state index in [1.807, 2.05) is 12.2 Å². The minimum absolute atomic E-state index is 0.245. The number of allylic oxidation sites excluding steroid dienone is 1. The molecule has 0 rings (SSSR count). The van der Waals surface area contributed by atoms with Gasteiger partial charge in [0.2, 0.25) is 0 Å². The van der Waals surface area contributed by atoms with Gasteiger partial charge in [-0.25, -0.2) is 0 Å². The normalized spacial score (nSPS) is 14.3. The van der Waals surface area contributed by atoms with Crippen LogP contribution in [0.25, 0.3) is 0 Å². The Labute approximate surface area is 62.2 Å². The smallest absolute Gasteiger partial charge is 0.0546 e. The van der Waals surface area contributed by atoms with Gasteiger partial charge in [-0.2, -0.15) is 0 Å².